The van der Waals surface area contributed by atoms with E-state index in [1.54, 1.807) is 19.1 Å². The highest BCUT2D eigenvalue weighted by atomic mass is 35.5. The number of aryl methyl sites for hydroxylation is 1. The topological polar surface area (TPSA) is 137 Å². The monoisotopic (exact) mass is 628 g/mol. The molecule has 13 heteroatoms. The summed E-state index contributed by atoms with van der Waals surface area (Å²) in [5.74, 6) is -2.85. The summed E-state index contributed by atoms with van der Waals surface area (Å²) >= 11 is 7.41. The summed E-state index contributed by atoms with van der Waals surface area (Å²) in [7, 11) is 1.49. The number of hydrogen-bond acceptors (Lipinski definition) is 8. The number of nitrogens with one attached hydrogen (secondary N) is 1. The molecule has 4 N–H and O–H groups in total. The number of nitrogens with two attached hydrogens (primary N) is 1. The molecule has 1 fully saturated rings. The van der Waals surface area contributed by atoms with Gasteiger partial charge in [0.15, 0.2) is 0 Å². The number of benzene rings is 2. The van der Waals surface area contributed by atoms with E-state index in [2.05, 4.69) is 15.3 Å². The van der Waals surface area contributed by atoms with Gasteiger partial charge >= 0.3 is 0 Å². The molecule has 2 atom stereocenters. The molecule has 1 aliphatic heterocycles. The SMILES string of the molecule is COc1cc(C(=O)NC[C@](O)(c2cc3c(c(-c4cc(Cl)c(F)cc4F)n2)OC[C@]3(C)C(N)=O)C2CC2)cc2sc(C)nc12. The number of hydrogen-bond donors (Lipinski definition) is 3. The highest BCUT2D eigenvalue weighted by molar-refractivity contribution is 7.18. The number of pyridine rings is 1. The van der Waals surface area contributed by atoms with E-state index in [0.717, 1.165) is 15.8 Å². The van der Waals surface area contributed by atoms with Crippen LogP contribution in [0.15, 0.2) is 30.3 Å². The van der Waals surface area contributed by atoms with Crippen molar-refractivity contribution in [2.24, 2.45) is 11.7 Å². The van der Waals surface area contributed by atoms with Crippen molar-refractivity contribution >= 4 is 45.0 Å². The number of methoxy groups -OCH3 is 1. The number of amides is 2. The quantitative estimate of drug-likeness (QED) is 0.239. The number of primary amides is 1. The molecule has 2 aromatic heterocycles. The molecule has 2 aliphatic rings. The molecule has 0 saturated heterocycles. The van der Waals surface area contributed by atoms with Crippen molar-refractivity contribution in [2.75, 3.05) is 20.3 Å². The Morgan fingerprint density at radius 2 is 1.98 bits per heavy atom. The fourth-order valence-corrected chi connectivity index (χ4v) is 6.46. The van der Waals surface area contributed by atoms with Crippen LogP contribution in [-0.2, 0) is 15.8 Å². The summed E-state index contributed by atoms with van der Waals surface area (Å²) in [6, 6.07) is 6.50. The third kappa shape index (κ3) is 4.87. The second-order valence-corrected chi connectivity index (χ2v) is 12.7. The van der Waals surface area contributed by atoms with Gasteiger partial charge in [-0.15, -0.1) is 11.3 Å². The average molecular weight is 629 g/mol. The lowest BCUT2D eigenvalue weighted by Crippen LogP contribution is -2.44. The number of carbonyl (C=O) groups is 2. The molecule has 2 aromatic carbocycles. The van der Waals surface area contributed by atoms with Crippen LogP contribution >= 0.6 is 22.9 Å². The molecule has 6 rings (SSSR count). The van der Waals surface area contributed by atoms with Crippen molar-refractivity contribution in [3.05, 3.63) is 68.8 Å². The Labute approximate surface area is 254 Å². The molecule has 9 nitrogen and oxygen atoms in total. The Bertz CT molecular complexity index is 1830. The Kier molecular flexibility index (Phi) is 7.06. The van der Waals surface area contributed by atoms with E-state index in [1.165, 1.54) is 24.5 Å². The summed E-state index contributed by atoms with van der Waals surface area (Å²) in [6.45, 7) is 3.04. The first-order valence-corrected chi connectivity index (χ1v) is 14.6. The molecule has 1 aliphatic carbocycles. The van der Waals surface area contributed by atoms with Gasteiger partial charge < -0.3 is 25.6 Å². The van der Waals surface area contributed by atoms with Crippen LogP contribution < -0.4 is 20.5 Å². The Morgan fingerprint density at radius 3 is 2.65 bits per heavy atom. The Hall–Kier alpha value is -3.87. The number of thiazole rings is 1. The molecule has 0 unspecified atom stereocenters. The second kappa shape index (κ2) is 10.4. The molecular weight excluding hydrogens is 602 g/mol. The minimum absolute atomic E-state index is 0.0713. The molecule has 43 heavy (non-hydrogen) atoms. The third-order valence-electron chi connectivity index (χ3n) is 8.15. The Balaban J connectivity index is 1.42. The smallest absolute Gasteiger partial charge is 0.251 e. The fraction of sp³-hybridized carbons (Fsp3) is 0.333. The summed E-state index contributed by atoms with van der Waals surface area (Å²) in [5, 5.41) is 15.4. The van der Waals surface area contributed by atoms with E-state index < -0.39 is 34.5 Å². The van der Waals surface area contributed by atoms with Crippen molar-refractivity contribution in [3.8, 4) is 22.8 Å². The number of rotatable bonds is 8. The zero-order chi connectivity index (χ0) is 30.8. The maximum absolute atomic E-state index is 15.1. The van der Waals surface area contributed by atoms with Gasteiger partial charge in [0.2, 0.25) is 5.91 Å². The minimum atomic E-state index is -1.71. The van der Waals surface area contributed by atoms with Crippen molar-refractivity contribution in [1.29, 1.82) is 0 Å². The van der Waals surface area contributed by atoms with Crippen molar-refractivity contribution in [3.63, 3.8) is 0 Å². The average Bonchev–Trinajstić information content (AvgIpc) is 3.68. The molecule has 3 heterocycles. The number of carbonyl (C=O) groups excluding carboxylic acids is 2. The van der Waals surface area contributed by atoms with Crippen LogP contribution in [0.2, 0.25) is 5.02 Å². The predicted octanol–water partition coefficient (Wildman–Crippen LogP) is 4.77. The van der Waals surface area contributed by atoms with Gasteiger partial charge in [0.25, 0.3) is 5.91 Å². The number of aliphatic hydroxyl groups is 1. The number of fused-ring (bicyclic) bond motifs is 2. The predicted molar refractivity (Wildman–Crippen MR) is 157 cm³/mol. The molecule has 1 saturated carbocycles. The van der Waals surface area contributed by atoms with E-state index in [-0.39, 0.29) is 46.8 Å². The van der Waals surface area contributed by atoms with Crippen LogP contribution in [0.25, 0.3) is 21.5 Å². The lowest BCUT2D eigenvalue weighted by molar-refractivity contribution is -0.123. The van der Waals surface area contributed by atoms with Crippen molar-refractivity contribution in [1.82, 2.24) is 15.3 Å². The lowest BCUT2D eigenvalue weighted by atomic mass is 9.81. The molecular formula is C30H27ClF2N4O5S. The zero-order valence-corrected chi connectivity index (χ0v) is 25.0. The largest absolute Gasteiger partial charge is 0.494 e. The first kappa shape index (κ1) is 29.2. The van der Waals surface area contributed by atoms with Gasteiger partial charge in [0.1, 0.15) is 52.0 Å². The van der Waals surface area contributed by atoms with Crippen molar-refractivity contribution < 1.29 is 33.0 Å². The fourth-order valence-electron chi connectivity index (χ4n) is 5.41. The first-order chi connectivity index (χ1) is 20.4. The third-order valence-corrected chi connectivity index (χ3v) is 9.35. The number of nitrogens with zero attached hydrogens (tertiary/aromatic N) is 2. The number of aromatic nitrogens is 2. The maximum atomic E-state index is 15.1. The van der Waals surface area contributed by atoms with Gasteiger partial charge in [-0.1, -0.05) is 11.6 Å². The zero-order valence-electron chi connectivity index (χ0n) is 23.4. The lowest BCUT2D eigenvalue weighted by Gasteiger charge is -2.30. The second-order valence-electron chi connectivity index (χ2n) is 11.1. The van der Waals surface area contributed by atoms with Gasteiger partial charge in [-0.3, -0.25) is 9.59 Å². The van der Waals surface area contributed by atoms with Gasteiger partial charge in [-0.2, -0.15) is 0 Å². The van der Waals surface area contributed by atoms with Crippen LogP contribution in [0.3, 0.4) is 0 Å². The summed E-state index contributed by atoms with van der Waals surface area (Å²) < 4.78 is 41.2. The number of ether oxygens (including phenoxy) is 2. The van der Waals surface area contributed by atoms with Crippen LogP contribution in [-0.4, -0.2) is 47.2 Å². The maximum Gasteiger partial charge on any atom is 0.251 e. The summed E-state index contributed by atoms with van der Waals surface area (Å²) in [5.41, 5.74) is 3.80. The summed E-state index contributed by atoms with van der Waals surface area (Å²) in [6.07, 6.45) is 1.28. The van der Waals surface area contributed by atoms with Gasteiger partial charge in [0.05, 0.1) is 34.1 Å². The van der Waals surface area contributed by atoms with E-state index in [4.69, 9.17) is 26.8 Å². The Morgan fingerprint density at radius 1 is 1.23 bits per heavy atom. The normalized spacial score (nSPS) is 19.0. The van der Waals surface area contributed by atoms with Crippen LogP contribution in [0, 0.1) is 24.5 Å². The van der Waals surface area contributed by atoms with Crippen molar-refractivity contribution in [2.45, 2.75) is 37.7 Å². The molecule has 2 amide bonds. The van der Waals surface area contributed by atoms with Crippen LogP contribution in [0.1, 0.15) is 46.4 Å². The molecule has 224 valence electrons. The van der Waals surface area contributed by atoms with Crippen LogP contribution in [0.4, 0.5) is 8.78 Å². The molecule has 0 bridgehead atoms. The van der Waals surface area contributed by atoms with E-state index in [9.17, 15) is 19.1 Å². The highest BCUT2D eigenvalue weighted by Crippen LogP contribution is 2.50. The van der Waals surface area contributed by atoms with Gasteiger partial charge in [-0.25, -0.2) is 18.7 Å². The number of halogens is 3. The standard InChI is InChI=1S/C30H27ClF2N4O5S/c1-13-36-25-21(41-3)6-14(7-22(25)43-13)27(38)35-11-30(40,15-4-5-15)23-9-17-26(42-12-29(17,2)28(34)39)24(37-23)16-8-18(31)20(33)10-19(16)32/h6-10,15,40H,4-5,11-12H2,1-3H3,(H2,34,39)(H,35,38)/t29-,30+/m0/s1. The van der Waals surface area contributed by atoms with E-state index in [0.29, 0.717) is 41.3 Å². The minimum Gasteiger partial charge on any atom is -0.494 e. The van der Waals surface area contributed by atoms with E-state index >= 15 is 4.39 Å². The highest BCUT2D eigenvalue weighted by Gasteiger charge is 2.50. The molecule has 4 aromatic rings. The molecule has 0 radical (unpaired) electrons. The van der Waals surface area contributed by atoms with E-state index in [1.807, 2.05) is 6.92 Å². The van der Waals surface area contributed by atoms with Crippen LogP contribution in [0.5, 0.6) is 11.5 Å². The summed E-state index contributed by atoms with van der Waals surface area (Å²) in [4.78, 5) is 35.0. The first-order valence-electron chi connectivity index (χ1n) is 13.4. The van der Waals surface area contributed by atoms with Gasteiger partial charge in [-0.05, 0) is 56.9 Å². The van der Waals surface area contributed by atoms with Gasteiger partial charge in [0, 0.05) is 22.8 Å². The molecule has 0 spiro atoms.